The Kier molecular flexibility index (Phi) is 3.68. The van der Waals surface area contributed by atoms with E-state index in [4.69, 9.17) is 5.11 Å². The van der Waals surface area contributed by atoms with Gasteiger partial charge in [-0.3, -0.25) is 4.79 Å². The van der Waals surface area contributed by atoms with Crippen LogP contribution < -0.4 is 0 Å². The van der Waals surface area contributed by atoms with Gasteiger partial charge in [0.1, 0.15) is 0 Å². The van der Waals surface area contributed by atoms with Crippen molar-refractivity contribution >= 4 is 5.97 Å². The SMILES string of the molecule is Cc1ccccc1Cc1nnnn1C(CC(=O)O)C1CC1. The maximum atomic E-state index is 11.1. The lowest BCUT2D eigenvalue weighted by molar-refractivity contribution is -0.138. The van der Waals surface area contributed by atoms with E-state index in [-0.39, 0.29) is 12.5 Å². The predicted molar refractivity (Wildman–Crippen MR) is 75.8 cm³/mol. The lowest BCUT2D eigenvalue weighted by Crippen LogP contribution is -2.19. The Morgan fingerprint density at radius 2 is 2.19 bits per heavy atom. The van der Waals surface area contributed by atoms with Crippen LogP contribution in [0.4, 0.5) is 0 Å². The van der Waals surface area contributed by atoms with Gasteiger partial charge in [0.15, 0.2) is 5.82 Å². The molecule has 6 heteroatoms. The quantitative estimate of drug-likeness (QED) is 0.878. The molecular formula is C15H18N4O2. The first kappa shape index (κ1) is 13.7. The lowest BCUT2D eigenvalue weighted by Gasteiger charge is -2.16. The third-order valence-electron chi connectivity index (χ3n) is 4.03. The topological polar surface area (TPSA) is 80.9 Å². The van der Waals surface area contributed by atoms with Gasteiger partial charge in [0, 0.05) is 6.42 Å². The highest BCUT2D eigenvalue weighted by Crippen LogP contribution is 2.41. The van der Waals surface area contributed by atoms with Crippen LogP contribution in [-0.2, 0) is 11.2 Å². The number of hydrogen-bond acceptors (Lipinski definition) is 4. The predicted octanol–water partition coefficient (Wildman–Crippen LogP) is 2.00. The second-order valence-electron chi connectivity index (χ2n) is 5.65. The molecule has 0 saturated heterocycles. The number of carboxylic acids is 1. The maximum absolute atomic E-state index is 11.1. The van der Waals surface area contributed by atoms with Gasteiger partial charge in [-0.25, -0.2) is 4.68 Å². The highest BCUT2D eigenvalue weighted by atomic mass is 16.4. The van der Waals surface area contributed by atoms with Gasteiger partial charge in [0.05, 0.1) is 12.5 Å². The van der Waals surface area contributed by atoms with Gasteiger partial charge in [0.25, 0.3) is 0 Å². The molecule has 0 radical (unpaired) electrons. The molecule has 1 N–H and O–H groups in total. The van der Waals surface area contributed by atoms with E-state index >= 15 is 0 Å². The maximum Gasteiger partial charge on any atom is 0.305 e. The van der Waals surface area contributed by atoms with Crippen molar-refractivity contribution in [3.05, 3.63) is 41.2 Å². The van der Waals surface area contributed by atoms with E-state index < -0.39 is 5.97 Å². The molecule has 1 aromatic carbocycles. The fraction of sp³-hybridized carbons (Fsp3) is 0.467. The largest absolute Gasteiger partial charge is 0.481 e. The summed E-state index contributed by atoms with van der Waals surface area (Å²) in [4.78, 5) is 11.1. The van der Waals surface area contributed by atoms with Crippen molar-refractivity contribution in [2.45, 2.75) is 38.6 Å². The Labute approximate surface area is 122 Å². The molecule has 1 heterocycles. The summed E-state index contributed by atoms with van der Waals surface area (Å²) in [5, 5.41) is 21.0. The number of rotatable bonds is 6. The standard InChI is InChI=1S/C15H18N4O2/c1-10-4-2-3-5-12(10)8-14-16-17-18-19(14)13(9-15(20)21)11-6-7-11/h2-5,11,13H,6-9H2,1H3,(H,20,21). The summed E-state index contributed by atoms with van der Waals surface area (Å²) in [6.07, 6.45) is 2.82. The molecule has 1 aromatic heterocycles. The minimum Gasteiger partial charge on any atom is -0.481 e. The number of nitrogens with zero attached hydrogens (tertiary/aromatic N) is 4. The van der Waals surface area contributed by atoms with Crippen LogP contribution in [0, 0.1) is 12.8 Å². The zero-order chi connectivity index (χ0) is 14.8. The fourth-order valence-corrected chi connectivity index (χ4v) is 2.68. The summed E-state index contributed by atoms with van der Waals surface area (Å²) >= 11 is 0. The van der Waals surface area contributed by atoms with Crippen LogP contribution in [0.5, 0.6) is 0 Å². The van der Waals surface area contributed by atoms with Gasteiger partial charge in [-0.1, -0.05) is 24.3 Å². The molecule has 1 aliphatic rings. The monoisotopic (exact) mass is 286 g/mol. The van der Waals surface area contributed by atoms with Crippen LogP contribution in [-0.4, -0.2) is 31.3 Å². The Morgan fingerprint density at radius 3 is 2.86 bits per heavy atom. The summed E-state index contributed by atoms with van der Waals surface area (Å²) < 4.78 is 1.72. The molecule has 21 heavy (non-hydrogen) atoms. The molecule has 1 saturated carbocycles. The lowest BCUT2D eigenvalue weighted by atomic mass is 10.0. The first-order valence-electron chi connectivity index (χ1n) is 7.18. The van der Waals surface area contributed by atoms with Crippen molar-refractivity contribution in [1.29, 1.82) is 0 Å². The minimum atomic E-state index is -0.802. The number of aryl methyl sites for hydroxylation is 1. The molecule has 1 aliphatic carbocycles. The molecule has 2 aromatic rings. The van der Waals surface area contributed by atoms with E-state index in [9.17, 15) is 4.79 Å². The van der Waals surface area contributed by atoms with Crippen LogP contribution >= 0.6 is 0 Å². The minimum absolute atomic E-state index is 0.0798. The molecule has 0 amide bonds. The average molecular weight is 286 g/mol. The van der Waals surface area contributed by atoms with Crippen molar-refractivity contribution in [3.8, 4) is 0 Å². The molecule has 3 rings (SSSR count). The smallest absolute Gasteiger partial charge is 0.305 e. The van der Waals surface area contributed by atoms with E-state index in [0.29, 0.717) is 12.3 Å². The normalized spacial score (nSPS) is 15.9. The Hall–Kier alpha value is -2.24. The van der Waals surface area contributed by atoms with Gasteiger partial charge in [-0.2, -0.15) is 0 Å². The first-order chi connectivity index (χ1) is 10.1. The van der Waals surface area contributed by atoms with Crippen LogP contribution in [0.1, 0.15) is 42.3 Å². The molecule has 1 unspecified atom stereocenters. The van der Waals surface area contributed by atoms with Crippen LogP contribution in [0.3, 0.4) is 0 Å². The average Bonchev–Trinajstić information content (AvgIpc) is 3.19. The number of carboxylic acid groups (broad SMARTS) is 1. The number of tetrazole rings is 1. The fourth-order valence-electron chi connectivity index (χ4n) is 2.68. The summed E-state index contributed by atoms with van der Waals surface area (Å²) in [5.41, 5.74) is 2.35. The van der Waals surface area contributed by atoms with Gasteiger partial charge in [-0.05, 0) is 47.2 Å². The number of aliphatic carboxylic acids is 1. The third kappa shape index (κ3) is 3.09. The summed E-state index contributed by atoms with van der Waals surface area (Å²) in [6.45, 7) is 2.05. The first-order valence-corrected chi connectivity index (χ1v) is 7.18. The van der Waals surface area contributed by atoms with Gasteiger partial charge >= 0.3 is 5.97 Å². The Morgan fingerprint density at radius 1 is 1.43 bits per heavy atom. The summed E-state index contributed by atoms with van der Waals surface area (Å²) in [7, 11) is 0. The van der Waals surface area contributed by atoms with E-state index in [1.807, 2.05) is 12.1 Å². The second-order valence-corrected chi connectivity index (χ2v) is 5.65. The third-order valence-corrected chi connectivity index (χ3v) is 4.03. The van der Waals surface area contributed by atoms with Crippen LogP contribution in [0.2, 0.25) is 0 Å². The van der Waals surface area contributed by atoms with Gasteiger partial charge in [0.2, 0.25) is 0 Å². The Balaban J connectivity index is 1.86. The molecule has 1 fully saturated rings. The van der Waals surface area contributed by atoms with E-state index in [0.717, 1.165) is 18.7 Å². The van der Waals surface area contributed by atoms with Gasteiger partial charge in [-0.15, -0.1) is 5.10 Å². The van der Waals surface area contributed by atoms with Crippen molar-refractivity contribution in [3.63, 3.8) is 0 Å². The molecule has 1 atom stereocenters. The van der Waals surface area contributed by atoms with Crippen molar-refractivity contribution in [2.75, 3.05) is 0 Å². The van der Waals surface area contributed by atoms with Crippen molar-refractivity contribution < 1.29 is 9.90 Å². The Bertz CT molecular complexity index is 649. The highest BCUT2D eigenvalue weighted by molar-refractivity contribution is 5.67. The summed E-state index contributed by atoms with van der Waals surface area (Å²) in [5.74, 6) is 0.326. The zero-order valence-corrected chi connectivity index (χ0v) is 11.9. The van der Waals surface area contributed by atoms with Gasteiger partial charge < -0.3 is 5.11 Å². The number of hydrogen-bond donors (Lipinski definition) is 1. The molecule has 110 valence electrons. The van der Waals surface area contributed by atoms with E-state index in [2.05, 4.69) is 34.6 Å². The van der Waals surface area contributed by atoms with Crippen molar-refractivity contribution in [1.82, 2.24) is 20.2 Å². The number of carbonyl (C=O) groups is 1. The van der Waals surface area contributed by atoms with E-state index in [1.54, 1.807) is 4.68 Å². The number of benzene rings is 1. The van der Waals surface area contributed by atoms with E-state index in [1.165, 1.54) is 11.1 Å². The summed E-state index contributed by atoms with van der Waals surface area (Å²) in [6, 6.07) is 7.97. The van der Waals surface area contributed by atoms with Crippen molar-refractivity contribution in [2.24, 2.45) is 5.92 Å². The highest BCUT2D eigenvalue weighted by Gasteiger charge is 2.36. The van der Waals surface area contributed by atoms with Crippen LogP contribution in [0.15, 0.2) is 24.3 Å². The molecule has 0 spiro atoms. The van der Waals surface area contributed by atoms with Crippen LogP contribution in [0.25, 0.3) is 0 Å². The molecule has 6 nitrogen and oxygen atoms in total. The molecular weight excluding hydrogens is 268 g/mol. The zero-order valence-electron chi connectivity index (χ0n) is 11.9. The number of aromatic nitrogens is 4. The molecule has 0 bridgehead atoms. The second kappa shape index (κ2) is 5.63. The molecule has 0 aliphatic heterocycles.